The van der Waals surface area contributed by atoms with Crippen LogP contribution in [0.2, 0.25) is 0 Å². The molecule has 12 heavy (non-hydrogen) atoms. The molecule has 0 radical (unpaired) electrons. The summed E-state index contributed by atoms with van der Waals surface area (Å²) in [5, 5.41) is 0. The summed E-state index contributed by atoms with van der Waals surface area (Å²) in [6, 6.07) is 0. The molecule has 2 rings (SSSR count). The minimum absolute atomic E-state index is 0. The van der Waals surface area contributed by atoms with Gasteiger partial charge in [0.25, 0.3) is 0 Å². The number of aromatic amines is 1. The highest BCUT2D eigenvalue weighted by molar-refractivity contribution is 8.93. The maximum absolute atomic E-state index is 3.67. The van der Waals surface area contributed by atoms with Crippen LogP contribution in [0.4, 0.5) is 0 Å². The Morgan fingerprint density at radius 3 is 1.58 bits per heavy atom. The van der Waals surface area contributed by atoms with Gasteiger partial charge in [0, 0.05) is 12.4 Å². The van der Waals surface area contributed by atoms with Gasteiger partial charge < -0.3 is 4.98 Å². The number of H-pyrrole nitrogens is 1. The Hall–Kier alpha value is -0.310. The highest BCUT2D eigenvalue weighted by Crippen LogP contribution is 2.15. The number of imidazole rings is 1. The van der Waals surface area contributed by atoms with Gasteiger partial charge in [-0.1, -0.05) is 38.5 Å². The van der Waals surface area contributed by atoms with Crippen molar-refractivity contribution >= 4 is 17.0 Å². The van der Waals surface area contributed by atoms with Crippen LogP contribution in [-0.2, 0) is 0 Å². The SMILES string of the molecule is Br.C1CCCCC1.c1c[nH]cn1. The number of halogens is 1. The van der Waals surface area contributed by atoms with Crippen molar-refractivity contribution < 1.29 is 0 Å². The van der Waals surface area contributed by atoms with E-state index in [2.05, 4.69) is 9.97 Å². The highest BCUT2D eigenvalue weighted by atomic mass is 79.9. The monoisotopic (exact) mass is 232 g/mol. The summed E-state index contributed by atoms with van der Waals surface area (Å²) in [7, 11) is 0. The van der Waals surface area contributed by atoms with Crippen molar-refractivity contribution in [3.63, 3.8) is 0 Å². The predicted octanol–water partition coefficient (Wildman–Crippen LogP) is 3.33. The van der Waals surface area contributed by atoms with E-state index in [1.54, 1.807) is 18.7 Å². The average molecular weight is 233 g/mol. The maximum Gasteiger partial charge on any atom is 0.0919 e. The summed E-state index contributed by atoms with van der Waals surface area (Å²) in [4.78, 5) is 6.42. The van der Waals surface area contributed by atoms with Gasteiger partial charge in [-0.05, 0) is 0 Å². The van der Waals surface area contributed by atoms with E-state index in [-0.39, 0.29) is 17.0 Å². The van der Waals surface area contributed by atoms with Crippen LogP contribution in [0.1, 0.15) is 38.5 Å². The number of nitrogens with zero attached hydrogens (tertiary/aromatic N) is 1. The molecule has 70 valence electrons. The van der Waals surface area contributed by atoms with E-state index in [0.29, 0.717) is 0 Å². The van der Waals surface area contributed by atoms with Crippen molar-refractivity contribution in [1.29, 1.82) is 0 Å². The highest BCUT2D eigenvalue weighted by Gasteiger charge is 1.95. The van der Waals surface area contributed by atoms with Crippen molar-refractivity contribution in [3.05, 3.63) is 18.7 Å². The summed E-state index contributed by atoms with van der Waals surface area (Å²) in [6.45, 7) is 0. The van der Waals surface area contributed by atoms with Crippen molar-refractivity contribution in [1.82, 2.24) is 9.97 Å². The van der Waals surface area contributed by atoms with E-state index in [0.717, 1.165) is 0 Å². The lowest BCUT2D eigenvalue weighted by Crippen LogP contribution is -1.85. The summed E-state index contributed by atoms with van der Waals surface area (Å²) in [6.07, 6.45) is 14.1. The molecule has 2 nitrogen and oxygen atoms in total. The van der Waals surface area contributed by atoms with Crippen LogP contribution >= 0.6 is 17.0 Å². The third-order valence-corrected chi connectivity index (χ3v) is 1.91. The van der Waals surface area contributed by atoms with Gasteiger partial charge >= 0.3 is 0 Å². The number of aromatic nitrogens is 2. The molecule has 1 heterocycles. The zero-order chi connectivity index (χ0) is 7.78. The lowest BCUT2D eigenvalue weighted by atomic mass is 10.0. The third kappa shape index (κ3) is 6.40. The molecule has 0 aliphatic heterocycles. The van der Waals surface area contributed by atoms with Crippen LogP contribution in [0.5, 0.6) is 0 Å². The minimum Gasteiger partial charge on any atom is -0.351 e. The molecule has 1 aliphatic carbocycles. The molecule has 0 saturated heterocycles. The van der Waals surface area contributed by atoms with Gasteiger partial charge in [-0.2, -0.15) is 0 Å². The van der Waals surface area contributed by atoms with Gasteiger partial charge in [-0.15, -0.1) is 17.0 Å². The fourth-order valence-corrected chi connectivity index (χ4v) is 1.28. The van der Waals surface area contributed by atoms with Gasteiger partial charge in [0.05, 0.1) is 6.33 Å². The van der Waals surface area contributed by atoms with E-state index >= 15 is 0 Å². The van der Waals surface area contributed by atoms with E-state index in [9.17, 15) is 0 Å². The first-order chi connectivity index (χ1) is 5.50. The second-order valence-corrected chi connectivity index (χ2v) is 2.88. The molecule has 1 aromatic rings. The maximum atomic E-state index is 3.67. The quantitative estimate of drug-likeness (QED) is 0.731. The molecule has 0 aromatic carbocycles. The van der Waals surface area contributed by atoms with Crippen LogP contribution in [0.15, 0.2) is 18.7 Å². The number of hydrogen-bond acceptors (Lipinski definition) is 1. The van der Waals surface area contributed by atoms with Crippen molar-refractivity contribution in [2.75, 3.05) is 0 Å². The Morgan fingerprint density at radius 2 is 1.42 bits per heavy atom. The molecule has 1 fully saturated rings. The van der Waals surface area contributed by atoms with Crippen LogP contribution in [0, 0.1) is 0 Å². The Morgan fingerprint density at radius 1 is 0.917 bits per heavy atom. The summed E-state index contributed by atoms with van der Waals surface area (Å²) in [5.41, 5.74) is 0. The van der Waals surface area contributed by atoms with Gasteiger partial charge in [-0.3, -0.25) is 0 Å². The molecule has 3 heteroatoms. The van der Waals surface area contributed by atoms with E-state index in [1.807, 2.05) is 0 Å². The van der Waals surface area contributed by atoms with E-state index in [4.69, 9.17) is 0 Å². The smallest absolute Gasteiger partial charge is 0.0919 e. The Kier molecular flexibility index (Phi) is 8.56. The van der Waals surface area contributed by atoms with E-state index < -0.39 is 0 Å². The fraction of sp³-hybridized carbons (Fsp3) is 0.667. The fourth-order valence-electron chi connectivity index (χ4n) is 1.28. The lowest BCUT2D eigenvalue weighted by molar-refractivity contribution is 0.504. The first-order valence-electron chi connectivity index (χ1n) is 4.43. The Labute approximate surface area is 84.6 Å². The van der Waals surface area contributed by atoms with Gasteiger partial charge in [0.15, 0.2) is 0 Å². The molecule has 1 aromatic heterocycles. The topological polar surface area (TPSA) is 28.7 Å². The molecule has 0 spiro atoms. The van der Waals surface area contributed by atoms with Crippen molar-refractivity contribution in [3.8, 4) is 0 Å². The number of nitrogens with one attached hydrogen (secondary N) is 1. The molecule has 0 bridgehead atoms. The van der Waals surface area contributed by atoms with Crippen LogP contribution in [0.3, 0.4) is 0 Å². The molecule has 0 atom stereocenters. The lowest BCUT2D eigenvalue weighted by Gasteiger charge is -2.05. The third-order valence-electron chi connectivity index (χ3n) is 1.91. The standard InChI is InChI=1S/C6H12.C3H4N2.BrH/c1-2-4-6-5-3-1;1-2-5-3-4-1;/h1-6H2;1-3H,(H,4,5);1H. The summed E-state index contributed by atoms with van der Waals surface area (Å²) >= 11 is 0. The number of rotatable bonds is 0. The van der Waals surface area contributed by atoms with Gasteiger partial charge in [0.1, 0.15) is 0 Å². The molecular formula is C9H17BrN2. The average Bonchev–Trinajstić information content (AvgIpc) is 2.64. The first kappa shape index (κ1) is 11.7. The van der Waals surface area contributed by atoms with Crippen LogP contribution in [0.25, 0.3) is 0 Å². The molecule has 1 N–H and O–H groups in total. The van der Waals surface area contributed by atoms with Crippen molar-refractivity contribution in [2.45, 2.75) is 38.5 Å². The second-order valence-electron chi connectivity index (χ2n) is 2.88. The number of hydrogen-bond donors (Lipinski definition) is 1. The van der Waals surface area contributed by atoms with Crippen molar-refractivity contribution in [2.24, 2.45) is 0 Å². The zero-order valence-corrected chi connectivity index (χ0v) is 9.04. The molecule has 1 saturated carbocycles. The molecular weight excluding hydrogens is 216 g/mol. The summed E-state index contributed by atoms with van der Waals surface area (Å²) in [5.74, 6) is 0. The Balaban J connectivity index is 0.000000189. The molecule has 1 aliphatic rings. The minimum atomic E-state index is 0. The van der Waals surface area contributed by atoms with Crippen LogP contribution < -0.4 is 0 Å². The van der Waals surface area contributed by atoms with Crippen LogP contribution in [-0.4, -0.2) is 9.97 Å². The first-order valence-corrected chi connectivity index (χ1v) is 4.43. The predicted molar refractivity (Wildman–Crippen MR) is 56.6 cm³/mol. The van der Waals surface area contributed by atoms with Gasteiger partial charge in [0.2, 0.25) is 0 Å². The Bertz CT molecular complexity index is 119. The second kappa shape index (κ2) is 8.78. The van der Waals surface area contributed by atoms with E-state index in [1.165, 1.54) is 38.5 Å². The zero-order valence-electron chi connectivity index (χ0n) is 7.33. The molecule has 0 amide bonds. The van der Waals surface area contributed by atoms with Gasteiger partial charge in [-0.25, -0.2) is 4.98 Å². The largest absolute Gasteiger partial charge is 0.351 e. The molecule has 0 unspecified atom stereocenters. The summed E-state index contributed by atoms with van der Waals surface area (Å²) < 4.78 is 0. The normalized spacial score (nSPS) is 15.3.